The molecule has 3 aromatic rings. The van der Waals surface area contributed by atoms with Gasteiger partial charge in [0.15, 0.2) is 5.11 Å². The number of nitrogens with one attached hydrogen (secondary N) is 2. The molecule has 4 rings (SSSR count). The summed E-state index contributed by atoms with van der Waals surface area (Å²) in [6, 6.07) is 16.5. The second-order valence-electron chi connectivity index (χ2n) is 9.07. The molecule has 1 unspecified atom stereocenters. The summed E-state index contributed by atoms with van der Waals surface area (Å²) in [5.74, 6) is -1.56. The van der Waals surface area contributed by atoms with E-state index in [-0.39, 0.29) is 29.2 Å². The van der Waals surface area contributed by atoms with Gasteiger partial charge in [0.2, 0.25) is 0 Å². The van der Waals surface area contributed by atoms with Crippen LogP contribution in [0.25, 0.3) is 11.1 Å². The molecule has 6 nitrogen and oxygen atoms in total. The lowest BCUT2D eigenvalue weighted by molar-refractivity contribution is -0.144. The maximum absolute atomic E-state index is 13.0. The van der Waals surface area contributed by atoms with Crippen molar-refractivity contribution in [2.75, 3.05) is 10.6 Å². The number of nitrogens with zero attached hydrogens (tertiary/aromatic N) is 1. The summed E-state index contributed by atoms with van der Waals surface area (Å²) < 4.78 is 38.8. The summed E-state index contributed by atoms with van der Waals surface area (Å²) in [7, 11) is 0. The molecule has 0 aliphatic carbocycles. The number of fused-ring (bicyclic) bond motifs is 1. The number of halogens is 3. The average molecular weight is 528 g/mol. The van der Waals surface area contributed by atoms with Crippen molar-refractivity contribution in [2.45, 2.75) is 32.6 Å². The third-order valence-electron chi connectivity index (χ3n) is 6.09. The molecule has 0 saturated carbocycles. The van der Waals surface area contributed by atoms with Gasteiger partial charge in [-0.25, -0.2) is 4.79 Å². The first kappa shape index (κ1) is 26.2. The van der Waals surface area contributed by atoms with Crippen LogP contribution in [0.3, 0.4) is 0 Å². The predicted molar refractivity (Wildman–Crippen MR) is 139 cm³/mol. The lowest BCUT2D eigenvalue weighted by atomic mass is 10.00. The quantitative estimate of drug-likeness (QED) is 0.329. The number of hydrogen-bond acceptors (Lipinski definition) is 3. The van der Waals surface area contributed by atoms with Crippen LogP contribution in [-0.4, -0.2) is 33.0 Å². The molecular formula is C27H24F3N3O3S. The van der Waals surface area contributed by atoms with Crippen LogP contribution in [0.15, 0.2) is 66.7 Å². The van der Waals surface area contributed by atoms with Gasteiger partial charge in [0.1, 0.15) is 6.04 Å². The van der Waals surface area contributed by atoms with Crippen molar-refractivity contribution in [3.8, 4) is 11.1 Å². The Balaban J connectivity index is 1.45. The Morgan fingerprint density at radius 3 is 2.24 bits per heavy atom. The standard InChI is InChI=1S/C27H24F3N3O3S/c1-15(2)23(25(35)36)33-14-18-7-6-17(12-22(18)24(33)34)16-8-10-20(11-9-16)31-26(37)32-21-5-3-4-19(13-21)27(28,29)30/h3-13,15,23H,14H2,1-2H3,(H,35,36)(H2,31,32,37). The Labute approximate surface area is 217 Å². The van der Waals surface area contributed by atoms with Crippen LogP contribution in [0.5, 0.6) is 0 Å². The van der Waals surface area contributed by atoms with E-state index in [9.17, 15) is 27.9 Å². The molecule has 0 saturated heterocycles. The van der Waals surface area contributed by atoms with Crippen molar-refractivity contribution in [1.29, 1.82) is 0 Å². The van der Waals surface area contributed by atoms with Gasteiger partial charge in [-0.1, -0.05) is 44.2 Å². The van der Waals surface area contributed by atoms with Crippen molar-refractivity contribution >= 4 is 40.6 Å². The highest BCUT2D eigenvalue weighted by molar-refractivity contribution is 7.80. The number of aliphatic carboxylic acids is 1. The second kappa shape index (κ2) is 10.2. The van der Waals surface area contributed by atoms with Crippen LogP contribution in [0.1, 0.15) is 35.3 Å². The molecule has 1 aliphatic rings. The lowest BCUT2D eigenvalue weighted by Crippen LogP contribution is -2.44. The van der Waals surface area contributed by atoms with E-state index >= 15 is 0 Å². The molecule has 1 atom stereocenters. The summed E-state index contributed by atoms with van der Waals surface area (Å²) in [5.41, 5.74) is 2.95. The third-order valence-corrected chi connectivity index (χ3v) is 6.29. The lowest BCUT2D eigenvalue weighted by Gasteiger charge is -2.27. The molecular weight excluding hydrogens is 503 g/mol. The number of thiocarbonyl (C=S) groups is 1. The van der Waals surface area contributed by atoms with Crippen molar-refractivity contribution in [1.82, 2.24) is 4.90 Å². The molecule has 1 amide bonds. The molecule has 37 heavy (non-hydrogen) atoms. The number of carbonyl (C=O) groups excluding carboxylic acids is 1. The largest absolute Gasteiger partial charge is 0.480 e. The molecule has 3 N–H and O–H groups in total. The molecule has 0 spiro atoms. The van der Waals surface area contributed by atoms with Crippen LogP contribution in [-0.2, 0) is 17.5 Å². The van der Waals surface area contributed by atoms with E-state index in [1.807, 2.05) is 24.3 Å². The molecule has 192 valence electrons. The molecule has 1 heterocycles. The minimum Gasteiger partial charge on any atom is -0.480 e. The smallest absolute Gasteiger partial charge is 0.416 e. The Morgan fingerprint density at radius 2 is 1.62 bits per heavy atom. The number of amides is 1. The SMILES string of the molecule is CC(C)C(C(=O)O)N1Cc2ccc(-c3ccc(NC(=S)Nc4cccc(C(F)(F)F)c4)cc3)cc2C1=O. The summed E-state index contributed by atoms with van der Waals surface area (Å²) in [4.78, 5) is 26.1. The second-order valence-corrected chi connectivity index (χ2v) is 9.48. The monoisotopic (exact) mass is 527 g/mol. The van der Waals surface area contributed by atoms with Crippen molar-refractivity contribution in [2.24, 2.45) is 5.92 Å². The fourth-order valence-corrected chi connectivity index (χ4v) is 4.55. The predicted octanol–water partition coefficient (Wildman–Crippen LogP) is 6.25. The van der Waals surface area contributed by atoms with E-state index < -0.39 is 23.8 Å². The summed E-state index contributed by atoms with van der Waals surface area (Å²) in [5, 5.41) is 15.4. The van der Waals surface area contributed by atoms with Gasteiger partial charge in [-0.15, -0.1) is 0 Å². The van der Waals surface area contributed by atoms with E-state index in [1.54, 1.807) is 32.0 Å². The zero-order valence-corrected chi connectivity index (χ0v) is 20.8. The number of anilines is 2. The number of carbonyl (C=O) groups is 2. The van der Waals surface area contributed by atoms with Gasteiger partial charge in [0, 0.05) is 23.5 Å². The highest BCUT2D eigenvalue weighted by atomic mass is 32.1. The first-order chi connectivity index (χ1) is 17.4. The zero-order chi connectivity index (χ0) is 26.9. The number of rotatable bonds is 6. The number of alkyl halides is 3. The van der Waals surface area contributed by atoms with E-state index in [0.717, 1.165) is 28.8 Å². The average Bonchev–Trinajstić information content (AvgIpc) is 3.14. The molecule has 3 aromatic carbocycles. The van der Waals surface area contributed by atoms with Gasteiger partial charge in [0.05, 0.1) is 5.56 Å². The third kappa shape index (κ3) is 5.75. The Hall–Kier alpha value is -3.92. The summed E-state index contributed by atoms with van der Waals surface area (Å²) >= 11 is 5.23. The van der Waals surface area contributed by atoms with Gasteiger partial charge in [-0.3, -0.25) is 4.79 Å². The van der Waals surface area contributed by atoms with E-state index in [1.165, 1.54) is 17.0 Å². The van der Waals surface area contributed by atoms with Crippen LogP contribution in [0, 0.1) is 5.92 Å². The van der Waals surface area contributed by atoms with Crippen LogP contribution in [0.4, 0.5) is 24.5 Å². The molecule has 0 fully saturated rings. The maximum atomic E-state index is 13.0. The van der Waals surface area contributed by atoms with Crippen molar-refractivity contribution < 1.29 is 27.9 Å². The molecule has 0 aromatic heterocycles. The fraction of sp³-hybridized carbons (Fsp3) is 0.222. The molecule has 1 aliphatic heterocycles. The molecule has 0 bridgehead atoms. The Bertz CT molecular complexity index is 1360. The number of benzene rings is 3. The molecule has 10 heteroatoms. The normalized spacial score (nSPS) is 13.9. The van der Waals surface area contributed by atoms with E-state index in [2.05, 4.69) is 10.6 Å². The highest BCUT2D eigenvalue weighted by Gasteiger charge is 2.38. The Morgan fingerprint density at radius 1 is 0.973 bits per heavy atom. The number of carboxylic acids is 1. The highest BCUT2D eigenvalue weighted by Crippen LogP contribution is 2.32. The minimum absolute atomic E-state index is 0.133. The van der Waals surface area contributed by atoms with Gasteiger partial charge in [-0.2, -0.15) is 13.2 Å². The van der Waals surface area contributed by atoms with Gasteiger partial charge >= 0.3 is 12.1 Å². The Kier molecular flexibility index (Phi) is 7.22. The first-order valence-corrected chi connectivity index (χ1v) is 11.9. The van der Waals surface area contributed by atoms with Gasteiger partial charge < -0.3 is 20.6 Å². The number of hydrogen-bond donors (Lipinski definition) is 3. The summed E-state index contributed by atoms with van der Waals surface area (Å²) in [6.07, 6.45) is -4.45. The molecule has 0 radical (unpaired) electrons. The van der Waals surface area contributed by atoms with Crippen LogP contribution >= 0.6 is 12.2 Å². The van der Waals surface area contributed by atoms with Crippen LogP contribution in [0.2, 0.25) is 0 Å². The zero-order valence-electron chi connectivity index (χ0n) is 20.0. The first-order valence-electron chi connectivity index (χ1n) is 11.5. The van der Waals surface area contributed by atoms with Crippen LogP contribution < -0.4 is 10.6 Å². The van der Waals surface area contributed by atoms with E-state index in [0.29, 0.717) is 11.3 Å². The maximum Gasteiger partial charge on any atom is 0.416 e. The van der Waals surface area contributed by atoms with Crippen molar-refractivity contribution in [3.05, 3.63) is 83.4 Å². The van der Waals surface area contributed by atoms with Gasteiger partial charge in [0.25, 0.3) is 5.91 Å². The van der Waals surface area contributed by atoms with Gasteiger partial charge in [-0.05, 0) is 71.2 Å². The topological polar surface area (TPSA) is 81.7 Å². The fourth-order valence-electron chi connectivity index (χ4n) is 4.32. The van der Waals surface area contributed by atoms with E-state index in [4.69, 9.17) is 12.2 Å². The minimum atomic E-state index is -4.45. The number of carboxylic acid groups (broad SMARTS) is 1. The van der Waals surface area contributed by atoms with Crippen molar-refractivity contribution in [3.63, 3.8) is 0 Å². The summed E-state index contributed by atoms with van der Waals surface area (Å²) in [6.45, 7) is 3.80.